The highest BCUT2D eigenvalue weighted by Gasteiger charge is 2.12. The summed E-state index contributed by atoms with van der Waals surface area (Å²) in [5, 5.41) is 7.06. The molecule has 0 aliphatic heterocycles. The summed E-state index contributed by atoms with van der Waals surface area (Å²) in [7, 11) is 0. The van der Waals surface area contributed by atoms with E-state index in [0.29, 0.717) is 5.75 Å². The van der Waals surface area contributed by atoms with Crippen LogP contribution in [0.4, 0.5) is 10.1 Å². The third-order valence-corrected chi connectivity index (χ3v) is 4.14. The number of benzene rings is 2. The Morgan fingerprint density at radius 3 is 2.65 bits per heavy atom. The number of halogens is 2. The molecular weight excluding hydrogens is 357 g/mol. The zero-order chi connectivity index (χ0) is 18.7. The van der Waals surface area contributed by atoms with E-state index in [4.69, 9.17) is 16.3 Å². The largest absolute Gasteiger partial charge is 0.471 e. The summed E-state index contributed by atoms with van der Waals surface area (Å²) in [4.78, 5) is 12.4. The molecule has 26 heavy (non-hydrogen) atoms. The van der Waals surface area contributed by atoms with Gasteiger partial charge in [0.25, 0.3) is 5.91 Å². The molecule has 2 aromatic carbocycles. The van der Waals surface area contributed by atoms with Gasteiger partial charge in [0.1, 0.15) is 11.6 Å². The molecule has 0 aliphatic carbocycles. The number of aryl methyl sites for hydroxylation is 2. The molecule has 0 radical (unpaired) electrons. The van der Waals surface area contributed by atoms with E-state index in [2.05, 4.69) is 10.4 Å². The summed E-state index contributed by atoms with van der Waals surface area (Å²) < 4.78 is 20.1. The molecule has 1 N–H and O–H groups in total. The first kappa shape index (κ1) is 17.9. The van der Waals surface area contributed by atoms with Crippen LogP contribution in [0.15, 0.2) is 48.7 Å². The summed E-state index contributed by atoms with van der Waals surface area (Å²) in [6.45, 7) is 3.93. The first-order chi connectivity index (χ1) is 12.4. The number of rotatable bonds is 5. The molecule has 0 atom stereocenters. The van der Waals surface area contributed by atoms with Crippen LogP contribution in [0.2, 0.25) is 5.02 Å². The summed E-state index contributed by atoms with van der Waals surface area (Å²) in [5.74, 6) is -0.400. The molecule has 1 aromatic heterocycles. The number of aromatic nitrogens is 2. The van der Waals surface area contributed by atoms with Crippen molar-refractivity contribution in [2.45, 2.75) is 20.6 Å². The standard InChI is InChI=1S/C19H17ClFN3O2/c1-12-4-3-5-13(2)18(12)22-19(25)17-8-9-24(23-17)11-26-14-6-7-16(21)15(20)10-14/h3-10H,11H2,1-2H3,(H,22,25). The molecule has 0 unspecified atom stereocenters. The van der Waals surface area contributed by atoms with Gasteiger partial charge in [-0.25, -0.2) is 9.07 Å². The van der Waals surface area contributed by atoms with E-state index in [0.717, 1.165) is 16.8 Å². The fraction of sp³-hybridized carbons (Fsp3) is 0.158. The Morgan fingerprint density at radius 1 is 1.23 bits per heavy atom. The van der Waals surface area contributed by atoms with Gasteiger partial charge in [-0.1, -0.05) is 29.8 Å². The van der Waals surface area contributed by atoms with E-state index >= 15 is 0 Å². The first-order valence-corrected chi connectivity index (χ1v) is 8.30. The molecule has 0 aliphatic rings. The van der Waals surface area contributed by atoms with Crippen LogP contribution < -0.4 is 10.1 Å². The van der Waals surface area contributed by atoms with E-state index in [1.165, 1.54) is 22.9 Å². The highest BCUT2D eigenvalue weighted by molar-refractivity contribution is 6.30. The topological polar surface area (TPSA) is 56.2 Å². The van der Waals surface area contributed by atoms with E-state index in [-0.39, 0.29) is 23.4 Å². The van der Waals surface area contributed by atoms with E-state index in [9.17, 15) is 9.18 Å². The maximum atomic E-state index is 13.1. The minimum atomic E-state index is -0.511. The lowest BCUT2D eigenvalue weighted by Gasteiger charge is -2.10. The Labute approximate surface area is 155 Å². The number of para-hydroxylation sites is 1. The lowest BCUT2D eigenvalue weighted by atomic mass is 10.1. The molecule has 1 heterocycles. The highest BCUT2D eigenvalue weighted by atomic mass is 35.5. The molecule has 1 amide bonds. The van der Waals surface area contributed by atoms with Gasteiger partial charge < -0.3 is 10.1 Å². The number of carbonyl (C=O) groups excluding carboxylic acids is 1. The number of anilines is 1. The normalized spacial score (nSPS) is 10.6. The van der Waals surface area contributed by atoms with Crippen molar-refractivity contribution in [2.24, 2.45) is 0 Å². The fourth-order valence-corrected chi connectivity index (χ4v) is 2.62. The third-order valence-electron chi connectivity index (χ3n) is 3.85. The van der Waals surface area contributed by atoms with Crippen molar-refractivity contribution in [3.8, 4) is 5.75 Å². The average Bonchev–Trinajstić information content (AvgIpc) is 3.08. The van der Waals surface area contributed by atoms with Crippen molar-refractivity contribution in [2.75, 3.05) is 5.32 Å². The molecule has 0 saturated heterocycles. The highest BCUT2D eigenvalue weighted by Crippen LogP contribution is 2.22. The van der Waals surface area contributed by atoms with Crippen LogP contribution in [-0.2, 0) is 6.73 Å². The van der Waals surface area contributed by atoms with E-state index in [1.54, 1.807) is 12.3 Å². The van der Waals surface area contributed by atoms with Crippen LogP contribution in [-0.4, -0.2) is 15.7 Å². The van der Waals surface area contributed by atoms with Crippen LogP contribution >= 0.6 is 11.6 Å². The van der Waals surface area contributed by atoms with Crippen LogP contribution in [0.1, 0.15) is 21.6 Å². The van der Waals surface area contributed by atoms with Gasteiger partial charge in [0.15, 0.2) is 12.4 Å². The summed E-state index contributed by atoms with van der Waals surface area (Å²) >= 11 is 5.71. The quantitative estimate of drug-likeness (QED) is 0.712. The SMILES string of the molecule is Cc1cccc(C)c1NC(=O)c1ccn(COc2ccc(F)c(Cl)c2)n1. The molecule has 0 fully saturated rings. The Hall–Kier alpha value is -2.86. The minimum Gasteiger partial charge on any atom is -0.471 e. The number of nitrogens with one attached hydrogen (secondary N) is 1. The van der Waals surface area contributed by atoms with Crippen LogP contribution in [0.3, 0.4) is 0 Å². The van der Waals surface area contributed by atoms with Crippen molar-refractivity contribution in [1.29, 1.82) is 0 Å². The molecule has 3 aromatic rings. The van der Waals surface area contributed by atoms with Crippen LogP contribution in [0.25, 0.3) is 0 Å². The molecular formula is C19H17ClFN3O2. The average molecular weight is 374 g/mol. The van der Waals surface area contributed by atoms with Gasteiger partial charge in [-0.3, -0.25) is 4.79 Å². The monoisotopic (exact) mass is 373 g/mol. The molecule has 5 nitrogen and oxygen atoms in total. The molecule has 0 saturated carbocycles. The van der Waals surface area contributed by atoms with E-state index in [1.807, 2.05) is 32.0 Å². The second-order valence-electron chi connectivity index (χ2n) is 5.81. The van der Waals surface area contributed by atoms with Crippen molar-refractivity contribution in [3.63, 3.8) is 0 Å². The smallest absolute Gasteiger partial charge is 0.276 e. The predicted molar refractivity (Wildman–Crippen MR) is 98.1 cm³/mol. The number of nitrogens with zero attached hydrogens (tertiary/aromatic N) is 2. The lowest BCUT2D eigenvalue weighted by Crippen LogP contribution is -2.15. The second kappa shape index (κ2) is 7.58. The van der Waals surface area contributed by atoms with Crippen molar-refractivity contribution in [1.82, 2.24) is 9.78 Å². The fourth-order valence-electron chi connectivity index (χ4n) is 2.45. The lowest BCUT2D eigenvalue weighted by molar-refractivity contribution is 0.102. The number of carbonyl (C=O) groups is 1. The van der Waals surface area contributed by atoms with Crippen molar-refractivity contribution >= 4 is 23.2 Å². The summed E-state index contributed by atoms with van der Waals surface area (Å²) in [6.07, 6.45) is 1.63. The second-order valence-corrected chi connectivity index (χ2v) is 6.22. The number of amides is 1. The first-order valence-electron chi connectivity index (χ1n) is 7.93. The molecule has 0 bridgehead atoms. The number of hydrogen-bond acceptors (Lipinski definition) is 3. The molecule has 134 valence electrons. The zero-order valence-corrected chi connectivity index (χ0v) is 15.0. The van der Waals surface area contributed by atoms with E-state index < -0.39 is 5.82 Å². The Morgan fingerprint density at radius 2 is 1.96 bits per heavy atom. The van der Waals surface area contributed by atoms with Gasteiger partial charge in [-0.05, 0) is 43.2 Å². The Bertz CT molecular complexity index is 935. The third kappa shape index (κ3) is 4.03. The predicted octanol–water partition coefficient (Wildman–Crippen LogP) is 4.58. The van der Waals surface area contributed by atoms with Crippen molar-refractivity contribution < 1.29 is 13.9 Å². The molecule has 0 spiro atoms. The summed E-state index contributed by atoms with van der Waals surface area (Å²) in [6, 6.07) is 11.5. The Balaban J connectivity index is 1.65. The molecule has 7 heteroatoms. The van der Waals surface area contributed by atoms with Gasteiger partial charge in [-0.15, -0.1) is 0 Å². The number of ether oxygens (including phenoxy) is 1. The van der Waals surface area contributed by atoms with Gasteiger partial charge in [0.05, 0.1) is 5.02 Å². The van der Waals surface area contributed by atoms with Gasteiger partial charge in [0, 0.05) is 18.0 Å². The van der Waals surface area contributed by atoms with Crippen molar-refractivity contribution in [3.05, 3.63) is 76.3 Å². The number of hydrogen-bond donors (Lipinski definition) is 1. The minimum absolute atomic E-state index is 0.0170. The maximum absolute atomic E-state index is 13.1. The van der Waals surface area contributed by atoms with Crippen LogP contribution in [0, 0.1) is 19.7 Å². The van der Waals surface area contributed by atoms with Gasteiger partial charge in [-0.2, -0.15) is 5.10 Å². The zero-order valence-electron chi connectivity index (χ0n) is 14.3. The summed E-state index contributed by atoms with van der Waals surface area (Å²) in [5.41, 5.74) is 3.02. The van der Waals surface area contributed by atoms with Gasteiger partial charge in [0.2, 0.25) is 0 Å². The van der Waals surface area contributed by atoms with Gasteiger partial charge >= 0.3 is 0 Å². The van der Waals surface area contributed by atoms with Crippen LogP contribution in [0.5, 0.6) is 5.75 Å². The molecule has 3 rings (SSSR count). The maximum Gasteiger partial charge on any atom is 0.276 e. The Kier molecular flexibility index (Phi) is 5.23.